The van der Waals surface area contributed by atoms with Crippen LogP contribution >= 0.6 is 98.6 Å². The van der Waals surface area contributed by atoms with Gasteiger partial charge in [0.1, 0.15) is 115 Å². The predicted octanol–water partition coefficient (Wildman–Crippen LogP) is 2.25. The molecule has 13 unspecified atom stereocenters. The fourth-order valence-corrected chi connectivity index (χ4v) is 17.1. The van der Waals surface area contributed by atoms with Gasteiger partial charge in [-0.05, 0) is 48.5 Å². The molecule has 0 aromatic rings. The Bertz CT molecular complexity index is 2640. The van der Waals surface area contributed by atoms with Crippen LogP contribution in [0.25, 0.3) is 0 Å². The van der Waals surface area contributed by atoms with Crippen molar-refractivity contribution in [2.24, 2.45) is 29.6 Å². The lowest BCUT2D eigenvalue weighted by atomic mass is 9.79. The van der Waals surface area contributed by atoms with Crippen LogP contribution in [0.15, 0.2) is 0 Å². The molecular weight excluding hydrogens is 1790 g/mol. The molecule has 0 radical (unpaired) electrons. The van der Waals surface area contributed by atoms with Crippen LogP contribution < -0.4 is 0 Å². The maximum atomic E-state index is 12.2. The van der Waals surface area contributed by atoms with Crippen LogP contribution in [0.3, 0.4) is 0 Å². The molecule has 0 aromatic carbocycles. The van der Waals surface area contributed by atoms with Gasteiger partial charge in [0, 0.05) is 36.2 Å². The van der Waals surface area contributed by atoms with Crippen molar-refractivity contribution in [2.75, 3.05) is 79.3 Å². The Morgan fingerprint density at radius 1 is 0.325 bits per heavy atom. The summed E-state index contributed by atoms with van der Waals surface area (Å²) >= 11 is -2.39. The molecule has 55 nitrogen and oxygen atoms in total. The Kier molecular flexibility index (Phi) is 52.2. The minimum atomic E-state index is -5.30. The molecule has 114 heavy (non-hydrogen) atoms. The molecular formula is C49H87O55S10-. The van der Waals surface area contributed by atoms with Gasteiger partial charge in [-0.3, -0.25) is 38.0 Å². The number of hydrogen-bond donors (Lipinski definition) is 12. The van der Waals surface area contributed by atoms with Crippen molar-refractivity contribution in [2.45, 2.75) is 201 Å². The molecule has 12 N–H and O–H groups in total. The molecule has 6 saturated heterocycles. The van der Waals surface area contributed by atoms with E-state index in [1.165, 1.54) is 34.6 Å². The van der Waals surface area contributed by atoms with Gasteiger partial charge in [0.15, 0.2) is 98.6 Å². The van der Waals surface area contributed by atoms with E-state index in [1.807, 2.05) is 0 Å². The molecule has 6 aliphatic rings. The smallest absolute Gasteiger partial charge is 0.397 e. The van der Waals surface area contributed by atoms with Crippen molar-refractivity contribution in [3.05, 3.63) is 0 Å². The third-order valence-corrected chi connectivity index (χ3v) is 21.9. The van der Waals surface area contributed by atoms with Crippen LogP contribution in [-0.2, 0) is 200 Å². The lowest BCUT2D eigenvalue weighted by Crippen LogP contribution is -2.60. The van der Waals surface area contributed by atoms with Crippen molar-refractivity contribution >= 4 is 120 Å². The van der Waals surface area contributed by atoms with E-state index in [1.54, 1.807) is 13.8 Å². The van der Waals surface area contributed by atoms with Crippen LogP contribution in [0.5, 0.6) is 0 Å². The number of rotatable bonds is 60. The van der Waals surface area contributed by atoms with Crippen LogP contribution in [0.2, 0.25) is 0 Å². The van der Waals surface area contributed by atoms with E-state index >= 15 is 0 Å². The molecule has 6 rings (SSSR count). The number of hydrogen-bond acceptors (Lipinski definition) is 62. The Balaban J connectivity index is 1.34. The largest absolute Gasteiger partial charge is 0.748 e. The van der Waals surface area contributed by atoms with Crippen molar-refractivity contribution in [1.82, 2.24) is 0 Å². The summed E-state index contributed by atoms with van der Waals surface area (Å²) in [6.07, 6.45) is -32.6. The molecule has 31 atom stereocenters. The second-order valence-electron chi connectivity index (χ2n) is 24.4. The highest BCUT2D eigenvalue weighted by Gasteiger charge is 2.55. The quantitative estimate of drug-likeness (QED) is 0.0104. The fraction of sp³-hybridized carbons (Fsp3) is 1.00. The minimum Gasteiger partial charge on any atom is -0.748 e. The molecule has 65 heteroatoms. The highest BCUT2D eigenvalue weighted by molar-refractivity contribution is 7.91. The highest BCUT2D eigenvalue weighted by atomic mass is 32.3. The zero-order valence-corrected chi connectivity index (χ0v) is 68.0. The number of aliphatic hydroxyl groups is 3. The van der Waals surface area contributed by atoms with Crippen molar-refractivity contribution < 1.29 is 258 Å². The van der Waals surface area contributed by atoms with Crippen LogP contribution in [0, 0.1) is 29.6 Å². The van der Waals surface area contributed by atoms with E-state index in [0.717, 1.165) is 0 Å². The summed E-state index contributed by atoms with van der Waals surface area (Å²) in [5, 5.41) is 135. The van der Waals surface area contributed by atoms with Gasteiger partial charge in [0.05, 0.1) is 122 Å². The molecule has 0 aliphatic carbocycles. The molecule has 6 heterocycles. The van der Waals surface area contributed by atoms with Crippen LogP contribution in [-0.4, -0.2) is 311 Å². The molecule has 0 spiro atoms. The highest BCUT2D eigenvalue weighted by Crippen LogP contribution is 2.43. The molecule has 6 aliphatic heterocycles. The number of ether oxygens (including phenoxy) is 12. The van der Waals surface area contributed by atoms with Gasteiger partial charge in [-0.2, -0.15) is 8.42 Å². The van der Waals surface area contributed by atoms with E-state index in [9.17, 15) is 42.3 Å². The van der Waals surface area contributed by atoms with Crippen molar-refractivity contribution in [3.63, 3.8) is 0 Å². The van der Waals surface area contributed by atoms with Crippen LogP contribution in [0.1, 0.15) is 48.5 Å². The third kappa shape index (κ3) is 33.6. The standard InChI is InChI=1S/C49H88O55S10/c1-8-66-14-31-27(29(41(22(4)74-31)79-105-96-88-53)12-70-19-36-47(85-111-102-94-59)49(86-112-103-95-60)44(25(7)77-36)82-108-99-91-56)10-67-15-32-26(9-68-16-33-38(51)48(87-114(63,64)65)37(50)20(2)72-33)28(40(21(3)73-32)78-104-113(61)62)11-69-17-34-45(83-109-100-92-57)30(42(23(5)75-34)80-106-97-89-54)13-71-18-35-46(84-110-101-93-58)39(52)43(24(6)76-35)81-107-98-90-55/h20-60H,8-19H2,1-7H3,(H,61,62)(H,63,64,65)/p-1/t20?,21?,22?,23?,24?,25?,26?,27?,28-,29-,30+,31+,32+,33+,34+,35+,36+,37-,38?,39+,40-,41-,42-,43+,44-,45?,46?,47?,48-,49+/m1/s1. The summed E-state index contributed by atoms with van der Waals surface area (Å²) in [7, 11) is -5.30. The first-order valence-electron chi connectivity index (χ1n) is 32.9. The maximum absolute atomic E-state index is 12.2. The topological polar surface area (TPSA) is 677 Å². The van der Waals surface area contributed by atoms with Gasteiger partial charge in [-0.15, -0.1) is 39.0 Å². The van der Waals surface area contributed by atoms with E-state index < -0.39 is 257 Å². The van der Waals surface area contributed by atoms with E-state index in [0.29, 0.717) is 0 Å². The SMILES string of the molecule is CCOC[C@@H]1OC(C)[C@@H](OSOOO)[C@H](COC[C@@H]2OC(C)[C@@H](OSOOO)[C@H](OSOOO)C2OSOOO)C1COC[C@@H]1OC(C)[C@@H](OOS(=O)[O-])[C@H](COC[C@@H]2OC(C)[C@@H](OSOOO)[C@H](COC[C@@H]3OC(C)[C@H](OSOOO)[C@H](O)C3OSOOO)C2OSOOO)C1COC[C@@H]1OC(C)[C@@H](O)[C@@H](OS(=O)(=O)O)C1O. The van der Waals surface area contributed by atoms with E-state index in [2.05, 4.69) is 79.2 Å². The van der Waals surface area contributed by atoms with E-state index in [4.69, 9.17) is 136 Å². The van der Waals surface area contributed by atoms with Gasteiger partial charge < -0.3 is 76.7 Å². The van der Waals surface area contributed by atoms with Crippen molar-refractivity contribution in [1.29, 1.82) is 0 Å². The van der Waals surface area contributed by atoms with Gasteiger partial charge in [0.2, 0.25) is 0 Å². The summed E-state index contributed by atoms with van der Waals surface area (Å²) in [6.45, 7) is 6.38. The third-order valence-electron chi connectivity index (χ3n) is 17.9. The van der Waals surface area contributed by atoms with E-state index in [-0.39, 0.29) is 125 Å². The Morgan fingerprint density at radius 3 is 1.08 bits per heavy atom. The average molecular weight is 1880 g/mol. The molecule has 674 valence electrons. The Morgan fingerprint density at radius 2 is 0.632 bits per heavy atom. The molecule has 0 saturated carbocycles. The predicted molar refractivity (Wildman–Crippen MR) is 361 cm³/mol. The monoisotopic (exact) mass is 1880 g/mol. The fourth-order valence-electron chi connectivity index (χ4n) is 13.1. The lowest BCUT2D eigenvalue weighted by molar-refractivity contribution is -0.436. The summed E-state index contributed by atoms with van der Waals surface area (Å²) < 4.78 is 224. The van der Waals surface area contributed by atoms with Gasteiger partial charge in [-0.1, -0.05) is 40.3 Å². The molecule has 6 fully saturated rings. The minimum absolute atomic E-state index is 0.0698. The zero-order chi connectivity index (χ0) is 83.1. The van der Waals surface area contributed by atoms with Crippen LogP contribution in [0.4, 0.5) is 0 Å². The second kappa shape index (κ2) is 57.4. The second-order valence-corrected chi connectivity index (χ2v) is 29.7. The van der Waals surface area contributed by atoms with Crippen molar-refractivity contribution in [3.8, 4) is 0 Å². The number of aliphatic hydroxyl groups excluding tert-OH is 3. The normalized spacial score (nSPS) is 36.7. The Labute approximate surface area is 684 Å². The molecule has 0 aromatic heterocycles. The zero-order valence-electron chi connectivity index (χ0n) is 59.8. The molecule has 0 amide bonds. The summed E-state index contributed by atoms with van der Waals surface area (Å²) in [5.41, 5.74) is 0. The first-order valence-corrected chi connectivity index (χ1v) is 40.6. The summed E-state index contributed by atoms with van der Waals surface area (Å²) in [4.78, 5) is 5.57. The lowest BCUT2D eigenvalue weighted by Gasteiger charge is -2.47. The summed E-state index contributed by atoms with van der Waals surface area (Å²) in [5.74, 6) is -5.12. The average Bonchev–Trinajstić information content (AvgIpc) is 0.810. The van der Waals surface area contributed by atoms with Gasteiger partial charge in [-0.25, -0.2) is 55.3 Å². The molecule has 0 bridgehead atoms. The first-order chi connectivity index (χ1) is 54.9. The summed E-state index contributed by atoms with van der Waals surface area (Å²) in [6, 6.07) is 0. The first kappa shape index (κ1) is 104. The maximum Gasteiger partial charge on any atom is 0.397 e. The Hall–Kier alpha value is 0.820. The van der Waals surface area contributed by atoms with Gasteiger partial charge >= 0.3 is 10.4 Å². The van der Waals surface area contributed by atoms with Gasteiger partial charge in [0.25, 0.3) is 0 Å².